The molecule has 0 atom stereocenters. The molecule has 0 spiro atoms. The minimum Gasteiger partial charge on any atom is -0.497 e. The Hall–Kier alpha value is -4.95. The molecule has 0 saturated carbocycles. The molecule has 3 heterocycles. The van der Waals surface area contributed by atoms with Crippen LogP contribution >= 0.6 is 0 Å². The lowest BCUT2D eigenvalue weighted by molar-refractivity contribution is 0.201. The van der Waals surface area contributed by atoms with Crippen LogP contribution in [0.3, 0.4) is 0 Å². The van der Waals surface area contributed by atoms with Gasteiger partial charge in [-0.1, -0.05) is 18.2 Å². The number of methoxy groups -OCH3 is 1. The van der Waals surface area contributed by atoms with Crippen LogP contribution in [0, 0.1) is 17.5 Å². The first-order valence-electron chi connectivity index (χ1n) is 15.8. The molecule has 0 N–H and O–H groups in total. The molecule has 47 heavy (non-hydrogen) atoms. The van der Waals surface area contributed by atoms with Crippen molar-refractivity contribution in [2.45, 2.75) is 38.4 Å². The van der Waals surface area contributed by atoms with Crippen molar-refractivity contribution in [3.63, 3.8) is 0 Å². The number of pyridine rings is 2. The maximum absolute atomic E-state index is 14.6. The van der Waals surface area contributed by atoms with Crippen LogP contribution in [-0.4, -0.2) is 41.1 Å². The zero-order chi connectivity index (χ0) is 32.8. The maximum atomic E-state index is 14.6. The molecule has 5 nitrogen and oxygen atoms in total. The molecule has 0 unspecified atom stereocenters. The normalized spacial score (nSPS) is 13.8. The van der Waals surface area contributed by atoms with E-state index in [1.165, 1.54) is 6.07 Å². The van der Waals surface area contributed by atoms with Crippen molar-refractivity contribution in [2.24, 2.45) is 0 Å². The van der Waals surface area contributed by atoms with Gasteiger partial charge in [0, 0.05) is 61.4 Å². The van der Waals surface area contributed by atoms with Gasteiger partial charge in [0.25, 0.3) is 0 Å². The predicted molar refractivity (Wildman–Crippen MR) is 181 cm³/mol. The topological polar surface area (TPSA) is 41.5 Å². The Bertz CT molecular complexity index is 1840. The van der Waals surface area contributed by atoms with Crippen molar-refractivity contribution in [1.82, 2.24) is 14.9 Å². The van der Waals surface area contributed by atoms with Crippen molar-refractivity contribution >= 4 is 5.69 Å². The van der Waals surface area contributed by atoms with Crippen LogP contribution in [0.5, 0.6) is 5.75 Å². The quantitative estimate of drug-likeness (QED) is 0.136. The molecular formula is C39H37F3N4O. The molecule has 240 valence electrons. The van der Waals surface area contributed by atoms with E-state index in [0.29, 0.717) is 29.8 Å². The maximum Gasteiger partial charge on any atom is 0.159 e. The molecule has 1 saturated heterocycles. The summed E-state index contributed by atoms with van der Waals surface area (Å²) in [5, 5.41) is 0. The predicted octanol–water partition coefficient (Wildman–Crippen LogP) is 8.64. The van der Waals surface area contributed by atoms with Crippen LogP contribution in [0.1, 0.15) is 29.5 Å². The van der Waals surface area contributed by atoms with Crippen LogP contribution < -0.4 is 9.64 Å². The number of allylic oxidation sites excluding steroid dienone is 1. The molecule has 0 bridgehead atoms. The third-order valence-electron chi connectivity index (χ3n) is 8.74. The van der Waals surface area contributed by atoms with Crippen molar-refractivity contribution in [1.29, 1.82) is 0 Å². The Kier molecular flexibility index (Phi) is 9.97. The summed E-state index contributed by atoms with van der Waals surface area (Å²) >= 11 is 0. The van der Waals surface area contributed by atoms with E-state index in [9.17, 15) is 13.2 Å². The summed E-state index contributed by atoms with van der Waals surface area (Å²) in [5.74, 6) is -1.22. The number of piperidine rings is 1. The number of hydrogen-bond acceptors (Lipinski definition) is 5. The van der Waals surface area contributed by atoms with Crippen molar-refractivity contribution < 1.29 is 17.9 Å². The van der Waals surface area contributed by atoms with Crippen molar-refractivity contribution in [3.8, 4) is 28.3 Å². The van der Waals surface area contributed by atoms with Crippen LogP contribution in [0.15, 0.2) is 110 Å². The van der Waals surface area contributed by atoms with Gasteiger partial charge in [0.2, 0.25) is 0 Å². The number of ether oxygens (including phenoxy) is 1. The zero-order valence-corrected chi connectivity index (χ0v) is 26.4. The first-order valence-corrected chi connectivity index (χ1v) is 15.8. The van der Waals surface area contributed by atoms with E-state index < -0.39 is 11.6 Å². The van der Waals surface area contributed by atoms with E-state index in [1.807, 2.05) is 42.5 Å². The second-order valence-corrected chi connectivity index (χ2v) is 11.9. The summed E-state index contributed by atoms with van der Waals surface area (Å²) in [6.07, 6.45) is 7.62. The minimum atomic E-state index is -0.892. The molecule has 0 aliphatic carbocycles. The lowest BCUT2D eigenvalue weighted by Gasteiger charge is -2.40. The standard InChI is InChI=1S/C39H37F3N4O/c1-3-4-29-5-6-30(23-36(29)41)38-21-27(13-17-43-38)25-45-19-15-33(16-20-45)46(32-8-10-34(47-2)11-9-32)26-28-14-18-44-39(22-28)31-7-12-35(40)37(42)24-31/h3,5-14,17-18,21-24,33H,1,4,15-16,19-20,25-26H2,2H3. The van der Waals surface area contributed by atoms with E-state index >= 15 is 0 Å². The Morgan fingerprint density at radius 3 is 2.06 bits per heavy atom. The van der Waals surface area contributed by atoms with E-state index in [2.05, 4.69) is 38.5 Å². The molecule has 5 aromatic rings. The number of aromatic nitrogens is 2. The SMILES string of the molecule is C=CCc1ccc(-c2cc(CN3CCC(N(Cc4ccnc(-c5ccc(F)c(F)c5)c4)c4ccc(OC)cc4)CC3)ccn2)cc1F. The van der Waals surface area contributed by atoms with Crippen LogP contribution in [0.4, 0.5) is 18.9 Å². The number of rotatable bonds is 11. The third kappa shape index (κ3) is 7.72. The number of nitrogens with zero attached hydrogens (tertiary/aromatic N) is 4. The molecule has 3 aromatic carbocycles. The molecule has 0 amide bonds. The fourth-order valence-corrected chi connectivity index (χ4v) is 6.19. The molecule has 2 aromatic heterocycles. The Balaban J connectivity index is 1.16. The number of likely N-dealkylation sites (tertiary alicyclic amines) is 1. The van der Waals surface area contributed by atoms with Gasteiger partial charge in [-0.25, -0.2) is 13.2 Å². The highest BCUT2D eigenvalue weighted by Crippen LogP contribution is 2.30. The smallest absolute Gasteiger partial charge is 0.159 e. The van der Waals surface area contributed by atoms with Gasteiger partial charge in [-0.2, -0.15) is 0 Å². The van der Waals surface area contributed by atoms with Gasteiger partial charge in [-0.05, 0) is 109 Å². The molecule has 1 fully saturated rings. The average molecular weight is 635 g/mol. The molecule has 0 radical (unpaired) electrons. The highest BCUT2D eigenvalue weighted by atomic mass is 19.2. The van der Waals surface area contributed by atoms with Gasteiger partial charge >= 0.3 is 0 Å². The van der Waals surface area contributed by atoms with E-state index in [4.69, 9.17) is 4.74 Å². The van der Waals surface area contributed by atoms with Gasteiger partial charge in [0.05, 0.1) is 18.5 Å². The van der Waals surface area contributed by atoms with Gasteiger partial charge in [-0.15, -0.1) is 6.58 Å². The van der Waals surface area contributed by atoms with Gasteiger partial charge in [0.15, 0.2) is 11.6 Å². The summed E-state index contributed by atoms with van der Waals surface area (Å²) < 4.78 is 47.5. The number of hydrogen-bond donors (Lipinski definition) is 0. The van der Waals surface area contributed by atoms with Crippen LogP contribution in [-0.2, 0) is 19.5 Å². The number of halogens is 3. The molecule has 1 aliphatic heterocycles. The van der Waals surface area contributed by atoms with Gasteiger partial charge < -0.3 is 9.64 Å². The van der Waals surface area contributed by atoms with Crippen LogP contribution in [0.25, 0.3) is 22.5 Å². The lowest BCUT2D eigenvalue weighted by atomic mass is 10.00. The zero-order valence-electron chi connectivity index (χ0n) is 26.4. The number of benzene rings is 3. The molecular weight excluding hydrogens is 597 g/mol. The second-order valence-electron chi connectivity index (χ2n) is 11.9. The molecule has 6 rings (SSSR count). The molecule has 8 heteroatoms. The van der Waals surface area contributed by atoms with Gasteiger partial charge in [0.1, 0.15) is 11.6 Å². The summed E-state index contributed by atoms with van der Waals surface area (Å²) in [7, 11) is 1.66. The molecule has 1 aliphatic rings. The number of anilines is 1. The van der Waals surface area contributed by atoms with E-state index in [-0.39, 0.29) is 11.9 Å². The Morgan fingerprint density at radius 2 is 1.43 bits per heavy atom. The highest BCUT2D eigenvalue weighted by Gasteiger charge is 2.26. The second kappa shape index (κ2) is 14.6. The van der Waals surface area contributed by atoms with Gasteiger partial charge in [-0.3, -0.25) is 14.9 Å². The Labute approximate surface area is 274 Å². The fraction of sp³-hybridized carbons (Fsp3) is 0.231. The van der Waals surface area contributed by atoms with Crippen LogP contribution in [0.2, 0.25) is 0 Å². The van der Waals surface area contributed by atoms with E-state index in [1.54, 1.807) is 43.8 Å². The lowest BCUT2D eigenvalue weighted by Crippen LogP contribution is -2.44. The summed E-state index contributed by atoms with van der Waals surface area (Å²) in [4.78, 5) is 13.8. The van der Waals surface area contributed by atoms with Crippen molar-refractivity contribution in [3.05, 3.63) is 144 Å². The summed E-state index contributed by atoms with van der Waals surface area (Å²) in [6.45, 7) is 6.94. The monoisotopic (exact) mass is 634 g/mol. The highest BCUT2D eigenvalue weighted by molar-refractivity contribution is 5.61. The minimum absolute atomic E-state index is 0.245. The first kappa shape index (κ1) is 32.0. The van der Waals surface area contributed by atoms with Crippen molar-refractivity contribution in [2.75, 3.05) is 25.1 Å². The first-order chi connectivity index (χ1) is 22.9. The largest absolute Gasteiger partial charge is 0.497 e. The van der Waals surface area contributed by atoms with E-state index in [0.717, 1.165) is 72.4 Å². The average Bonchev–Trinajstić information content (AvgIpc) is 3.10. The summed E-state index contributed by atoms with van der Waals surface area (Å²) in [6, 6.07) is 25.5. The summed E-state index contributed by atoms with van der Waals surface area (Å²) in [5.41, 5.74) is 6.51. The fourth-order valence-electron chi connectivity index (χ4n) is 6.19. The third-order valence-corrected chi connectivity index (χ3v) is 8.74. The Morgan fingerprint density at radius 1 is 0.787 bits per heavy atom.